The lowest BCUT2D eigenvalue weighted by Gasteiger charge is -2.35. The van der Waals surface area contributed by atoms with Gasteiger partial charge in [-0.2, -0.15) is 0 Å². The molecule has 0 aromatic heterocycles. The molecular weight excluding hydrogens is 182 g/mol. The first-order chi connectivity index (χ1) is 6.53. The van der Waals surface area contributed by atoms with Crippen molar-refractivity contribution < 1.29 is 14.3 Å². The van der Waals surface area contributed by atoms with E-state index in [1.165, 1.54) is 7.11 Å². The molecule has 1 aliphatic rings. The van der Waals surface area contributed by atoms with Crippen LogP contribution in [0, 0.1) is 5.92 Å². The van der Waals surface area contributed by atoms with Crippen molar-refractivity contribution in [2.45, 2.75) is 32.3 Å². The molecule has 1 amide bonds. The van der Waals surface area contributed by atoms with Gasteiger partial charge in [0.2, 0.25) is 0 Å². The zero-order valence-corrected chi connectivity index (χ0v) is 9.13. The summed E-state index contributed by atoms with van der Waals surface area (Å²) in [4.78, 5) is 10.9. The van der Waals surface area contributed by atoms with Crippen molar-refractivity contribution in [1.82, 2.24) is 5.32 Å². The Morgan fingerprint density at radius 1 is 1.64 bits per heavy atom. The highest BCUT2D eigenvalue weighted by molar-refractivity contribution is 5.66. The molecule has 1 aliphatic heterocycles. The number of amides is 1. The van der Waals surface area contributed by atoms with Crippen molar-refractivity contribution in [3.63, 3.8) is 0 Å². The van der Waals surface area contributed by atoms with Crippen LogP contribution in [0.15, 0.2) is 0 Å². The second-order valence-electron chi connectivity index (χ2n) is 4.34. The normalized spacial score (nSPS) is 25.5. The van der Waals surface area contributed by atoms with E-state index in [0.29, 0.717) is 12.5 Å². The van der Waals surface area contributed by atoms with E-state index in [0.717, 1.165) is 19.4 Å². The Labute approximate surface area is 85.0 Å². The third kappa shape index (κ3) is 3.54. The fraction of sp³-hybridized carbons (Fsp3) is 0.900. The molecule has 0 aromatic rings. The molecule has 0 radical (unpaired) electrons. The van der Waals surface area contributed by atoms with E-state index in [1.807, 2.05) is 0 Å². The molecule has 0 bridgehead atoms. The number of hydrogen-bond acceptors (Lipinski definition) is 3. The minimum absolute atomic E-state index is 0.0548. The average Bonchev–Trinajstić information content (AvgIpc) is 2.12. The number of rotatable bonds is 2. The Hall–Kier alpha value is -0.770. The van der Waals surface area contributed by atoms with Crippen molar-refractivity contribution in [3.8, 4) is 0 Å². The van der Waals surface area contributed by atoms with Crippen molar-refractivity contribution in [2.75, 3.05) is 20.3 Å². The lowest BCUT2D eigenvalue weighted by atomic mass is 9.88. The number of hydrogen-bond donors (Lipinski definition) is 1. The van der Waals surface area contributed by atoms with Gasteiger partial charge in [0.1, 0.15) is 0 Å². The first-order valence-corrected chi connectivity index (χ1v) is 4.99. The molecule has 0 saturated carbocycles. The molecule has 4 heteroatoms. The van der Waals surface area contributed by atoms with Crippen molar-refractivity contribution in [2.24, 2.45) is 5.92 Å². The molecular formula is C10H19NO3. The minimum atomic E-state index is -0.353. The monoisotopic (exact) mass is 201 g/mol. The molecule has 1 fully saturated rings. The van der Waals surface area contributed by atoms with Crippen molar-refractivity contribution in [3.05, 3.63) is 0 Å². The SMILES string of the molecule is COC(=O)NCC1CCOC(C)(C)C1. The number of ether oxygens (including phenoxy) is 2. The van der Waals surface area contributed by atoms with E-state index in [1.54, 1.807) is 0 Å². The highest BCUT2D eigenvalue weighted by atomic mass is 16.5. The molecule has 1 atom stereocenters. The van der Waals surface area contributed by atoms with E-state index in [2.05, 4.69) is 23.9 Å². The van der Waals surface area contributed by atoms with Gasteiger partial charge in [-0.25, -0.2) is 4.79 Å². The maximum atomic E-state index is 10.9. The second kappa shape index (κ2) is 4.64. The maximum Gasteiger partial charge on any atom is 0.406 e. The highest BCUT2D eigenvalue weighted by Crippen LogP contribution is 2.27. The van der Waals surface area contributed by atoms with Gasteiger partial charge in [0, 0.05) is 13.2 Å². The van der Waals surface area contributed by atoms with Gasteiger partial charge in [0.25, 0.3) is 0 Å². The van der Waals surface area contributed by atoms with E-state index in [-0.39, 0.29) is 11.7 Å². The first kappa shape index (κ1) is 11.3. The van der Waals surface area contributed by atoms with Gasteiger partial charge in [-0.05, 0) is 32.6 Å². The van der Waals surface area contributed by atoms with E-state index in [4.69, 9.17) is 4.74 Å². The standard InChI is InChI=1S/C10H19NO3/c1-10(2)6-8(4-5-14-10)7-11-9(12)13-3/h8H,4-7H2,1-3H3,(H,11,12). The van der Waals surface area contributed by atoms with E-state index in [9.17, 15) is 4.79 Å². The summed E-state index contributed by atoms with van der Waals surface area (Å²) in [6, 6.07) is 0. The van der Waals surface area contributed by atoms with Gasteiger partial charge in [0.15, 0.2) is 0 Å². The molecule has 4 nitrogen and oxygen atoms in total. The van der Waals surface area contributed by atoms with Crippen LogP contribution in [-0.4, -0.2) is 32.0 Å². The summed E-state index contributed by atoms with van der Waals surface area (Å²) in [5, 5.41) is 2.72. The molecule has 0 aromatic carbocycles. The van der Waals surface area contributed by atoms with Gasteiger partial charge in [-0.3, -0.25) is 0 Å². The number of carbonyl (C=O) groups is 1. The first-order valence-electron chi connectivity index (χ1n) is 4.99. The van der Waals surface area contributed by atoms with Crippen molar-refractivity contribution in [1.29, 1.82) is 0 Å². The Bertz CT molecular complexity index is 204. The third-order valence-corrected chi connectivity index (χ3v) is 2.52. The average molecular weight is 201 g/mol. The van der Waals surface area contributed by atoms with Crippen LogP contribution in [0.2, 0.25) is 0 Å². The molecule has 1 N–H and O–H groups in total. The summed E-state index contributed by atoms with van der Waals surface area (Å²) in [6.45, 7) is 5.62. The predicted molar refractivity (Wildman–Crippen MR) is 53.2 cm³/mol. The zero-order valence-electron chi connectivity index (χ0n) is 9.13. The summed E-state index contributed by atoms with van der Waals surface area (Å²) >= 11 is 0. The lowest BCUT2D eigenvalue weighted by molar-refractivity contribution is -0.0716. The topological polar surface area (TPSA) is 47.6 Å². The maximum absolute atomic E-state index is 10.9. The number of carbonyl (C=O) groups excluding carboxylic acids is 1. The Kier molecular flexibility index (Phi) is 3.75. The van der Waals surface area contributed by atoms with Gasteiger partial charge in [-0.15, -0.1) is 0 Å². The van der Waals surface area contributed by atoms with Gasteiger partial charge in [-0.1, -0.05) is 0 Å². The van der Waals surface area contributed by atoms with Gasteiger partial charge < -0.3 is 14.8 Å². The van der Waals surface area contributed by atoms with Crippen LogP contribution < -0.4 is 5.32 Å². The molecule has 1 unspecified atom stereocenters. The summed E-state index contributed by atoms with van der Waals surface area (Å²) in [5.41, 5.74) is -0.0548. The van der Waals surface area contributed by atoms with E-state index < -0.39 is 0 Å². The number of nitrogens with one attached hydrogen (secondary N) is 1. The molecule has 82 valence electrons. The van der Waals surface area contributed by atoms with Crippen LogP contribution in [0.3, 0.4) is 0 Å². The van der Waals surface area contributed by atoms with Crippen LogP contribution in [0.5, 0.6) is 0 Å². The predicted octanol–water partition coefficient (Wildman–Crippen LogP) is 1.55. The number of methoxy groups -OCH3 is 1. The Morgan fingerprint density at radius 2 is 2.36 bits per heavy atom. The van der Waals surface area contributed by atoms with Crippen LogP contribution in [0.4, 0.5) is 4.79 Å². The fourth-order valence-electron chi connectivity index (χ4n) is 1.83. The Morgan fingerprint density at radius 3 is 2.93 bits per heavy atom. The fourth-order valence-corrected chi connectivity index (χ4v) is 1.83. The molecule has 14 heavy (non-hydrogen) atoms. The van der Waals surface area contributed by atoms with E-state index >= 15 is 0 Å². The number of alkyl carbamates (subject to hydrolysis) is 1. The molecule has 1 heterocycles. The zero-order chi connectivity index (χ0) is 10.6. The quantitative estimate of drug-likeness (QED) is 0.737. The van der Waals surface area contributed by atoms with Crippen LogP contribution in [-0.2, 0) is 9.47 Å². The molecule has 0 spiro atoms. The largest absolute Gasteiger partial charge is 0.453 e. The van der Waals surface area contributed by atoms with Crippen molar-refractivity contribution >= 4 is 6.09 Å². The summed E-state index contributed by atoms with van der Waals surface area (Å²) in [5.74, 6) is 0.498. The lowest BCUT2D eigenvalue weighted by Crippen LogP contribution is -2.39. The Balaban J connectivity index is 2.28. The van der Waals surface area contributed by atoms with Crippen LogP contribution >= 0.6 is 0 Å². The molecule has 0 aliphatic carbocycles. The van der Waals surface area contributed by atoms with Gasteiger partial charge >= 0.3 is 6.09 Å². The minimum Gasteiger partial charge on any atom is -0.453 e. The summed E-state index contributed by atoms with van der Waals surface area (Å²) < 4.78 is 10.1. The molecule has 1 rings (SSSR count). The third-order valence-electron chi connectivity index (χ3n) is 2.52. The second-order valence-corrected chi connectivity index (χ2v) is 4.34. The van der Waals surface area contributed by atoms with Crippen LogP contribution in [0.1, 0.15) is 26.7 Å². The van der Waals surface area contributed by atoms with Crippen LogP contribution in [0.25, 0.3) is 0 Å². The van der Waals surface area contributed by atoms with Gasteiger partial charge in [0.05, 0.1) is 12.7 Å². The highest BCUT2D eigenvalue weighted by Gasteiger charge is 2.28. The summed E-state index contributed by atoms with van der Waals surface area (Å²) in [6.07, 6.45) is 1.64. The molecule has 1 saturated heterocycles. The summed E-state index contributed by atoms with van der Waals surface area (Å²) in [7, 11) is 1.38. The smallest absolute Gasteiger partial charge is 0.406 e.